The minimum Gasteiger partial charge on any atom is -0.481 e. The first kappa shape index (κ1) is 31.3. The monoisotopic (exact) mass is 615 g/mol. The van der Waals surface area contributed by atoms with Gasteiger partial charge < -0.3 is 40.5 Å². The van der Waals surface area contributed by atoms with E-state index < -0.39 is 23.9 Å². The van der Waals surface area contributed by atoms with Crippen LogP contribution in [0.3, 0.4) is 0 Å². The lowest BCUT2D eigenvalue weighted by Gasteiger charge is -2.32. The summed E-state index contributed by atoms with van der Waals surface area (Å²) in [6, 6.07) is 16.1. The zero-order chi connectivity index (χ0) is 31.6. The van der Waals surface area contributed by atoms with Crippen molar-refractivity contribution in [3.8, 4) is 0 Å². The van der Waals surface area contributed by atoms with Crippen LogP contribution in [-0.2, 0) is 9.53 Å². The first-order chi connectivity index (χ1) is 21.9. The van der Waals surface area contributed by atoms with Gasteiger partial charge >= 0.3 is 18.0 Å². The lowest BCUT2D eigenvalue weighted by Crippen LogP contribution is -2.49. The molecule has 2 aliphatic heterocycles. The summed E-state index contributed by atoms with van der Waals surface area (Å²) in [5, 5.41) is 18.0. The molecule has 13 nitrogen and oxygen atoms in total. The molecular weight excluding hydrogens is 578 g/mol. The van der Waals surface area contributed by atoms with Crippen LogP contribution in [-0.4, -0.2) is 96.3 Å². The van der Waals surface area contributed by atoms with Crippen molar-refractivity contribution in [2.24, 2.45) is 0 Å². The fourth-order valence-electron chi connectivity index (χ4n) is 5.41. The van der Waals surface area contributed by atoms with Gasteiger partial charge in [-0.15, -0.1) is 0 Å². The predicted molar refractivity (Wildman–Crippen MR) is 168 cm³/mol. The van der Waals surface area contributed by atoms with Crippen molar-refractivity contribution in [2.45, 2.75) is 18.9 Å². The number of nitrogens with zero attached hydrogens (tertiary/aromatic N) is 4. The van der Waals surface area contributed by atoms with Crippen molar-refractivity contribution in [1.29, 1.82) is 0 Å². The third kappa shape index (κ3) is 8.48. The Morgan fingerprint density at radius 3 is 2.38 bits per heavy atom. The Kier molecular flexibility index (Phi) is 10.4. The van der Waals surface area contributed by atoms with Gasteiger partial charge in [0, 0.05) is 62.9 Å². The highest BCUT2D eigenvalue weighted by molar-refractivity contribution is 6.04. The number of aliphatic carboxylic acids is 1. The van der Waals surface area contributed by atoms with Gasteiger partial charge in [-0.05, 0) is 48.4 Å². The molecule has 1 unspecified atom stereocenters. The maximum absolute atomic E-state index is 13.4. The van der Waals surface area contributed by atoms with Crippen LogP contribution in [0.2, 0.25) is 0 Å². The van der Waals surface area contributed by atoms with Crippen LogP contribution < -0.4 is 20.9 Å². The molecule has 2 saturated heterocycles. The van der Waals surface area contributed by atoms with Gasteiger partial charge in [0.15, 0.2) is 0 Å². The van der Waals surface area contributed by atoms with Crippen molar-refractivity contribution in [2.75, 3.05) is 68.0 Å². The highest BCUT2D eigenvalue weighted by Gasteiger charge is 2.27. The quantitative estimate of drug-likeness (QED) is 0.299. The minimum absolute atomic E-state index is 0.00251. The Morgan fingerprint density at radius 1 is 0.867 bits per heavy atom. The highest BCUT2D eigenvalue weighted by Crippen LogP contribution is 2.29. The number of morpholine rings is 1. The molecule has 13 heteroatoms. The fourth-order valence-corrected chi connectivity index (χ4v) is 5.41. The molecule has 0 radical (unpaired) electrons. The third-order valence-corrected chi connectivity index (χ3v) is 7.70. The fraction of sp³-hybridized carbons (Fsp3) is 0.344. The van der Waals surface area contributed by atoms with Gasteiger partial charge in [-0.3, -0.25) is 14.6 Å². The summed E-state index contributed by atoms with van der Waals surface area (Å²) >= 11 is 0. The maximum Gasteiger partial charge on any atom is 0.323 e. The van der Waals surface area contributed by atoms with Gasteiger partial charge in [0.05, 0.1) is 37.1 Å². The molecule has 0 spiro atoms. The summed E-state index contributed by atoms with van der Waals surface area (Å²) in [7, 11) is 0. The summed E-state index contributed by atoms with van der Waals surface area (Å²) in [4.78, 5) is 61.0. The molecule has 1 aromatic heterocycles. The first-order valence-corrected chi connectivity index (χ1v) is 14.9. The van der Waals surface area contributed by atoms with E-state index in [0.717, 1.165) is 6.42 Å². The molecule has 236 valence electrons. The van der Waals surface area contributed by atoms with E-state index in [0.29, 0.717) is 75.1 Å². The summed E-state index contributed by atoms with van der Waals surface area (Å²) in [5.41, 5.74) is 2.51. The Balaban J connectivity index is 1.36. The summed E-state index contributed by atoms with van der Waals surface area (Å²) in [5.74, 6) is -1.57. The lowest BCUT2D eigenvalue weighted by atomic mass is 10.0. The number of para-hydroxylation sites is 1. The van der Waals surface area contributed by atoms with E-state index >= 15 is 0 Å². The number of benzene rings is 2. The number of carboxylic acid groups (broad SMARTS) is 1. The van der Waals surface area contributed by atoms with E-state index in [1.54, 1.807) is 48.7 Å². The van der Waals surface area contributed by atoms with Crippen molar-refractivity contribution >= 4 is 41.0 Å². The normalized spacial score (nSPS) is 15.9. The number of anilines is 3. The van der Waals surface area contributed by atoms with Crippen LogP contribution in [0.1, 0.15) is 34.8 Å². The molecule has 2 fully saturated rings. The number of hydrogen-bond acceptors (Lipinski definition) is 7. The number of carbonyl (C=O) groups is 4. The molecule has 1 atom stereocenters. The molecule has 0 saturated carbocycles. The van der Waals surface area contributed by atoms with Crippen LogP contribution in [0, 0.1) is 0 Å². The largest absolute Gasteiger partial charge is 0.481 e. The Morgan fingerprint density at radius 2 is 1.64 bits per heavy atom. The number of hydrogen-bond donors (Lipinski definition) is 4. The molecule has 5 rings (SSSR count). The number of carbonyl (C=O) groups excluding carboxylic acids is 3. The second-order valence-corrected chi connectivity index (χ2v) is 10.8. The van der Waals surface area contributed by atoms with Crippen LogP contribution in [0.15, 0.2) is 73.1 Å². The predicted octanol–water partition coefficient (Wildman–Crippen LogP) is 3.64. The van der Waals surface area contributed by atoms with E-state index in [9.17, 15) is 24.3 Å². The summed E-state index contributed by atoms with van der Waals surface area (Å²) < 4.78 is 5.39. The van der Waals surface area contributed by atoms with Gasteiger partial charge in [0.25, 0.3) is 5.91 Å². The second kappa shape index (κ2) is 15.0. The van der Waals surface area contributed by atoms with Gasteiger partial charge in [0.2, 0.25) is 0 Å². The maximum atomic E-state index is 13.4. The first-order valence-electron chi connectivity index (χ1n) is 14.9. The molecule has 0 bridgehead atoms. The molecule has 4 N–H and O–H groups in total. The van der Waals surface area contributed by atoms with E-state index in [1.807, 2.05) is 28.0 Å². The molecule has 5 amide bonds. The minimum atomic E-state index is -1.07. The molecule has 3 heterocycles. The Bertz CT molecular complexity index is 1480. The zero-order valence-electron chi connectivity index (χ0n) is 24.9. The zero-order valence-corrected chi connectivity index (χ0v) is 24.9. The Labute approximate surface area is 261 Å². The molecule has 3 aromatic rings. The van der Waals surface area contributed by atoms with E-state index in [1.165, 1.54) is 6.20 Å². The number of carboxylic acids is 1. The van der Waals surface area contributed by atoms with Crippen LogP contribution in [0.4, 0.5) is 26.7 Å². The summed E-state index contributed by atoms with van der Waals surface area (Å²) in [6.45, 7) is 4.46. The molecular formula is C32H37N7O6. The average Bonchev–Trinajstić information content (AvgIpc) is 3.31. The standard InChI is InChI=1S/C32H37N7O6/c40-29(41)21-26(24-6-4-11-33-22-24)35-30(42)23-9-10-28(27(20-23)36-31(43)34-25-7-2-1-3-8-25)37-12-5-13-38(15-14-37)32(44)39-16-18-45-19-17-39/h1-4,6-11,20,22,26H,5,12-19,21H2,(H,35,42)(H,40,41)(H2,34,36,43). The second-order valence-electron chi connectivity index (χ2n) is 10.8. The topological polar surface area (TPSA) is 156 Å². The number of pyridine rings is 1. The highest BCUT2D eigenvalue weighted by atomic mass is 16.5. The van der Waals surface area contributed by atoms with Crippen LogP contribution in [0.25, 0.3) is 0 Å². The van der Waals surface area contributed by atoms with Gasteiger partial charge in [-0.25, -0.2) is 9.59 Å². The number of amides is 5. The van der Waals surface area contributed by atoms with Crippen molar-refractivity contribution in [3.05, 3.63) is 84.2 Å². The number of aromatic nitrogens is 1. The third-order valence-electron chi connectivity index (χ3n) is 7.70. The van der Waals surface area contributed by atoms with Crippen LogP contribution >= 0.6 is 0 Å². The lowest BCUT2D eigenvalue weighted by molar-refractivity contribution is -0.137. The smallest absolute Gasteiger partial charge is 0.323 e. The summed E-state index contributed by atoms with van der Waals surface area (Å²) in [6.07, 6.45) is 3.48. The number of nitrogens with one attached hydrogen (secondary N) is 3. The van der Waals surface area contributed by atoms with Crippen molar-refractivity contribution in [3.63, 3.8) is 0 Å². The number of ether oxygens (including phenoxy) is 1. The van der Waals surface area contributed by atoms with Crippen molar-refractivity contribution < 1.29 is 29.0 Å². The van der Waals surface area contributed by atoms with Gasteiger partial charge in [-0.2, -0.15) is 0 Å². The van der Waals surface area contributed by atoms with E-state index in [-0.39, 0.29) is 18.0 Å². The van der Waals surface area contributed by atoms with Crippen LogP contribution in [0.5, 0.6) is 0 Å². The van der Waals surface area contributed by atoms with E-state index in [4.69, 9.17) is 4.74 Å². The van der Waals surface area contributed by atoms with Crippen molar-refractivity contribution in [1.82, 2.24) is 20.1 Å². The molecule has 0 aliphatic carbocycles. The number of rotatable bonds is 8. The average molecular weight is 616 g/mol. The molecule has 2 aliphatic rings. The number of urea groups is 2. The van der Waals surface area contributed by atoms with Gasteiger partial charge in [0.1, 0.15) is 0 Å². The SMILES string of the molecule is O=C(O)CC(NC(=O)c1ccc(N2CCCN(C(=O)N3CCOCC3)CC2)c(NC(=O)Nc2ccccc2)c1)c1cccnc1. The van der Waals surface area contributed by atoms with Gasteiger partial charge in [-0.1, -0.05) is 24.3 Å². The van der Waals surface area contributed by atoms with E-state index in [2.05, 4.69) is 25.8 Å². The Hall–Kier alpha value is -5.17. The molecule has 45 heavy (non-hydrogen) atoms. The molecule has 2 aromatic carbocycles.